The maximum absolute atomic E-state index is 9.75. The first kappa shape index (κ1) is 4.89. The van der Waals surface area contributed by atoms with Crippen molar-refractivity contribution in [2.45, 2.75) is 6.42 Å². The van der Waals surface area contributed by atoms with E-state index in [0.29, 0.717) is 5.82 Å². The second-order valence-corrected chi connectivity index (χ2v) is 1.20. The lowest BCUT2D eigenvalue weighted by Crippen LogP contribution is -1.87. The molecule has 0 aliphatic heterocycles. The van der Waals surface area contributed by atoms with Gasteiger partial charge in [0.05, 0.1) is 6.42 Å². The molecule has 0 spiro atoms. The van der Waals surface area contributed by atoms with Crippen LogP contribution in [0, 0.1) is 0 Å². The Morgan fingerprint density at radius 2 is 2.62 bits per heavy atom. The molecule has 0 aromatic carbocycles. The van der Waals surface area contributed by atoms with Crippen LogP contribution in [0.4, 0.5) is 0 Å². The van der Waals surface area contributed by atoms with E-state index in [1.165, 1.54) is 0 Å². The second kappa shape index (κ2) is 2.15. The number of tetrazole rings is 1. The number of nitrogens with zero attached hydrogens (tertiary/aromatic N) is 3. The summed E-state index contributed by atoms with van der Waals surface area (Å²) >= 11 is 0. The predicted octanol–water partition coefficient (Wildman–Crippen LogP) is -1.06. The number of aldehydes is 1. The van der Waals surface area contributed by atoms with E-state index < -0.39 is 0 Å². The summed E-state index contributed by atoms with van der Waals surface area (Å²) in [6.45, 7) is 0. The van der Waals surface area contributed by atoms with Crippen LogP contribution in [0.5, 0.6) is 0 Å². The van der Waals surface area contributed by atoms with Crippen molar-refractivity contribution in [3.8, 4) is 0 Å². The van der Waals surface area contributed by atoms with Crippen LogP contribution in [-0.2, 0) is 11.2 Å². The first-order valence-electron chi connectivity index (χ1n) is 2.09. The van der Waals surface area contributed by atoms with E-state index in [1.54, 1.807) is 0 Å². The summed E-state index contributed by atoms with van der Waals surface area (Å²) in [6, 6.07) is 0. The minimum atomic E-state index is 0.233. The van der Waals surface area contributed by atoms with Crippen LogP contribution in [0.3, 0.4) is 0 Å². The van der Waals surface area contributed by atoms with E-state index in [1.807, 2.05) is 0 Å². The Morgan fingerprint density at radius 1 is 1.75 bits per heavy atom. The molecule has 5 nitrogen and oxygen atoms in total. The fraction of sp³-hybridized carbons (Fsp3) is 0.333. The highest BCUT2D eigenvalue weighted by atomic mass is 16.1. The van der Waals surface area contributed by atoms with E-state index in [-0.39, 0.29) is 6.42 Å². The van der Waals surface area contributed by atoms with Crippen LogP contribution >= 0.6 is 0 Å². The molecule has 0 aliphatic rings. The van der Waals surface area contributed by atoms with Gasteiger partial charge in [0.1, 0.15) is 6.29 Å². The Hall–Kier alpha value is -1.26. The lowest BCUT2D eigenvalue weighted by Gasteiger charge is -1.72. The molecular weight excluding hydrogens is 108 g/mol. The van der Waals surface area contributed by atoms with Crippen LogP contribution in [0.15, 0.2) is 0 Å². The first-order chi connectivity index (χ1) is 3.93. The molecule has 42 valence electrons. The molecule has 1 rings (SSSR count). The Bertz CT molecular complexity index is 158. The Balaban J connectivity index is 2.62. The summed E-state index contributed by atoms with van der Waals surface area (Å²) in [6.07, 6.45) is 0.960. The zero-order chi connectivity index (χ0) is 5.82. The maximum atomic E-state index is 9.75. The number of carbonyl (C=O) groups excluding carboxylic acids is 1. The summed E-state index contributed by atoms with van der Waals surface area (Å²) < 4.78 is 0. The van der Waals surface area contributed by atoms with Crippen molar-refractivity contribution in [1.82, 2.24) is 20.6 Å². The molecule has 0 radical (unpaired) electrons. The summed E-state index contributed by atoms with van der Waals surface area (Å²) in [4.78, 5) is 9.75. The second-order valence-electron chi connectivity index (χ2n) is 1.20. The SMILES string of the molecule is O=CCc1nn[nH]n1. The zero-order valence-electron chi connectivity index (χ0n) is 4.03. The maximum Gasteiger partial charge on any atom is 0.181 e. The summed E-state index contributed by atoms with van der Waals surface area (Å²) in [7, 11) is 0. The van der Waals surface area contributed by atoms with Crippen LogP contribution < -0.4 is 0 Å². The fourth-order valence-corrected chi connectivity index (χ4v) is 0.344. The standard InChI is InChI=1S/C3H4N4O/c8-2-1-3-4-6-7-5-3/h2H,1H2,(H,4,5,6,7). The van der Waals surface area contributed by atoms with Gasteiger partial charge in [0, 0.05) is 0 Å². The Kier molecular flexibility index (Phi) is 1.32. The predicted molar refractivity (Wildman–Crippen MR) is 23.9 cm³/mol. The van der Waals surface area contributed by atoms with E-state index >= 15 is 0 Å². The molecule has 1 N–H and O–H groups in total. The van der Waals surface area contributed by atoms with E-state index in [0.717, 1.165) is 6.29 Å². The van der Waals surface area contributed by atoms with Gasteiger partial charge in [-0.1, -0.05) is 5.21 Å². The van der Waals surface area contributed by atoms with E-state index in [9.17, 15) is 4.79 Å². The summed E-state index contributed by atoms with van der Waals surface area (Å²) in [5.41, 5.74) is 0. The third kappa shape index (κ3) is 0.868. The number of rotatable bonds is 2. The van der Waals surface area contributed by atoms with Gasteiger partial charge in [0.15, 0.2) is 5.82 Å². The van der Waals surface area contributed by atoms with Gasteiger partial charge in [0.2, 0.25) is 0 Å². The lowest BCUT2D eigenvalue weighted by molar-refractivity contribution is -0.107. The van der Waals surface area contributed by atoms with Gasteiger partial charge in [-0.15, -0.1) is 10.2 Å². The average Bonchev–Trinajstić information content (AvgIpc) is 2.19. The number of aromatic nitrogens is 4. The third-order valence-electron chi connectivity index (χ3n) is 0.655. The highest BCUT2D eigenvalue weighted by Crippen LogP contribution is 1.78. The van der Waals surface area contributed by atoms with Crippen LogP contribution in [0.1, 0.15) is 5.82 Å². The van der Waals surface area contributed by atoms with Gasteiger partial charge in [-0.05, 0) is 0 Å². The number of hydrogen-bond acceptors (Lipinski definition) is 4. The minimum Gasteiger partial charge on any atom is -0.303 e. The normalized spacial score (nSPS) is 9.00. The topological polar surface area (TPSA) is 71.5 Å². The van der Waals surface area contributed by atoms with Gasteiger partial charge < -0.3 is 4.79 Å². The molecule has 1 aromatic rings. The molecule has 1 heterocycles. The molecule has 5 heteroatoms. The molecule has 8 heavy (non-hydrogen) atoms. The molecule has 0 aliphatic carbocycles. The summed E-state index contributed by atoms with van der Waals surface area (Å²) in [5, 5.41) is 12.5. The highest BCUT2D eigenvalue weighted by Gasteiger charge is 1.91. The van der Waals surface area contributed by atoms with Crippen molar-refractivity contribution >= 4 is 6.29 Å². The quantitative estimate of drug-likeness (QED) is 0.495. The lowest BCUT2D eigenvalue weighted by atomic mass is 10.5. The van der Waals surface area contributed by atoms with Crippen molar-refractivity contribution in [1.29, 1.82) is 0 Å². The van der Waals surface area contributed by atoms with Gasteiger partial charge in [-0.25, -0.2) is 0 Å². The minimum absolute atomic E-state index is 0.233. The van der Waals surface area contributed by atoms with Gasteiger partial charge in [-0.2, -0.15) is 5.21 Å². The largest absolute Gasteiger partial charge is 0.303 e. The van der Waals surface area contributed by atoms with Crippen molar-refractivity contribution in [2.75, 3.05) is 0 Å². The van der Waals surface area contributed by atoms with Crippen molar-refractivity contribution in [2.24, 2.45) is 0 Å². The molecule has 1 aromatic heterocycles. The average molecular weight is 112 g/mol. The van der Waals surface area contributed by atoms with E-state index in [4.69, 9.17) is 0 Å². The number of nitrogens with one attached hydrogen (secondary N) is 1. The fourth-order valence-electron chi connectivity index (χ4n) is 0.344. The molecular formula is C3H4N4O. The number of aromatic amines is 1. The number of hydrogen-bond donors (Lipinski definition) is 1. The molecule has 0 fully saturated rings. The van der Waals surface area contributed by atoms with Crippen molar-refractivity contribution < 1.29 is 4.79 Å². The van der Waals surface area contributed by atoms with Crippen LogP contribution in [0.25, 0.3) is 0 Å². The van der Waals surface area contributed by atoms with Crippen LogP contribution in [0.2, 0.25) is 0 Å². The van der Waals surface area contributed by atoms with Gasteiger partial charge in [-0.3, -0.25) is 0 Å². The Morgan fingerprint density at radius 3 is 3.12 bits per heavy atom. The Labute approximate surface area is 45.1 Å². The number of carbonyl (C=O) groups is 1. The highest BCUT2D eigenvalue weighted by molar-refractivity contribution is 5.52. The number of H-pyrrole nitrogens is 1. The van der Waals surface area contributed by atoms with Gasteiger partial charge >= 0.3 is 0 Å². The molecule has 0 bridgehead atoms. The zero-order valence-corrected chi connectivity index (χ0v) is 4.03. The molecule has 0 unspecified atom stereocenters. The molecule has 0 atom stereocenters. The monoisotopic (exact) mass is 112 g/mol. The van der Waals surface area contributed by atoms with E-state index in [2.05, 4.69) is 20.6 Å². The smallest absolute Gasteiger partial charge is 0.181 e. The van der Waals surface area contributed by atoms with Crippen molar-refractivity contribution in [3.63, 3.8) is 0 Å². The van der Waals surface area contributed by atoms with Crippen molar-refractivity contribution in [3.05, 3.63) is 5.82 Å². The molecule has 0 saturated heterocycles. The van der Waals surface area contributed by atoms with Gasteiger partial charge in [0.25, 0.3) is 0 Å². The van der Waals surface area contributed by atoms with Crippen LogP contribution in [-0.4, -0.2) is 26.9 Å². The molecule has 0 saturated carbocycles. The first-order valence-corrected chi connectivity index (χ1v) is 2.09. The summed E-state index contributed by atoms with van der Waals surface area (Å²) in [5.74, 6) is 0.431. The molecule has 0 amide bonds. The third-order valence-corrected chi connectivity index (χ3v) is 0.655.